The van der Waals surface area contributed by atoms with E-state index in [0.29, 0.717) is 6.54 Å². The maximum atomic E-state index is 11.7. The number of carbonyl (C=O) groups is 1. The Balaban J connectivity index is 3.93. The Labute approximate surface area is 176 Å². The molecule has 0 aliphatic carbocycles. The highest BCUT2D eigenvalue weighted by Crippen LogP contribution is 2.26. The van der Waals surface area contributed by atoms with Gasteiger partial charge in [-0.3, -0.25) is 4.79 Å². The van der Waals surface area contributed by atoms with E-state index in [0.717, 1.165) is 30.6 Å². The van der Waals surface area contributed by atoms with Crippen LogP contribution in [0.5, 0.6) is 0 Å². The van der Waals surface area contributed by atoms with Crippen molar-refractivity contribution in [1.82, 2.24) is 5.32 Å². The summed E-state index contributed by atoms with van der Waals surface area (Å²) in [5.41, 5.74) is -0.713. The number of nitrogens with one attached hydrogen (secondary N) is 1. The van der Waals surface area contributed by atoms with E-state index in [2.05, 4.69) is 33.0 Å². The van der Waals surface area contributed by atoms with Crippen LogP contribution in [0.2, 0.25) is 0 Å². The van der Waals surface area contributed by atoms with Crippen LogP contribution < -0.4 is 5.32 Å². The maximum absolute atomic E-state index is 11.7. The van der Waals surface area contributed by atoms with E-state index in [-0.39, 0.29) is 17.7 Å². The zero-order valence-corrected chi connectivity index (χ0v) is 20.3. The van der Waals surface area contributed by atoms with Gasteiger partial charge < -0.3 is 10.4 Å². The first-order valence-corrected chi connectivity index (χ1v) is 12.0. The van der Waals surface area contributed by atoms with Gasteiger partial charge in [-0.15, -0.1) is 0 Å². The number of hydrogen-bond acceptors (Lipinski definition) is 2. The quantitative estimate of drug-likeness (QED) is 0.309. The summed E-state index contributed by atoms with van der Waals surface area (Å²) in [5.74, 6) is 2.55. The lowest BCUT2D eigenvalue weighted by atomic mass is 9.84. The van der Waals surface area contributed by atoms with Gasteiger partial charge in [0.05, 0.1) is 5.60 Å². The van der Waals surface area contributed by atoms with Crippen LogP contribution in [0.1, 0.15) is 113 Å². The lowest BCUT2D eigenvalue weighted by molar-refractivity contribution is -0.124. The molecule has 1 amide bonds. The van der Waals surface area contributed by atoms with Gasteiger partial charge in [0.25, 0.3) is 0 Å². The molecule has 28 heavy (non-hydrogen) atoms. The molecular formula is C25H51NO2. The Kier molecular flexibility index (Phi) is 14.1. The first kappa shape index (κ1) is 27.4. The highest BCUT2D eigenvalue weighted by Gasteiger charge is 2.28. The molecule has 168 valence electrons. The molecule has 0 aromatic heterocycles. The molecule has 4 unspecified atom stereocenters. The molecule has 0 fully saturated rings. The smallest absolute Gasteiger partial charge is 0.222 e. The Morgan fingerprint density at radius 3 is 1.75 bits per heavy atom. The van der Waals surface area contributed by atoms with E-state index < -0.39 is 5.60 Å². The van der Waals surface area contributed by atoms with Crippen molar-refractivity contribution < 1.29 is 9.90 Å². The summed E-state index contributed by atoms with van der Waals surface area (Å²) in [7, 11) is 0. The summed E-state index contributed by atoms with van der Waals surface area (Å²) in [6.07, 6.45) is 11.1. The maximum Gasteiger partial charge on any atom is 0.222 e. The summed E-state index contributed by atoms with van der Waals surface area (Å²) in [5, 5.41) is 13.7. The minimum absolute atomic E-state index is 0.00378. The molecule has 0 bridgehead atoms. The first-order valence-electron chi connectivity index (χ1n) is 12.0. The summed E-state index contributed by atoms with van der Waals surface area (Å²) < 4.78 is 0. The van der Waals surface area contributed by atoms with Gasteiger partial charge in [0.2, 0.25) is 5.91 Å². The average Bonchev–Trinajstić information content (AvgIpc) is 2.58. The molecule has 0 spiro atoms. The number of amides is 1. The van der Waals surface area contributed by atoms with Crippen molar-refractivity contribution in [3.05, 3.63) is 0 Å². The fraction of sp³-hybridized carbons (Fsp3) is 0.960. The highest BCUT2D eigenvalue weighted by molar-refractivity contribution is 5.77. The van der Waals surface area contributed by atoms with Crippen LogP contribution in [0, 0.1) is 29.6 Å². The second-order valence-corrected chi connectivity index (χ2v) is 10.5. The standard InChI is InChI=1S/C25H51NO2/c1-19(2)12-9-13-21(5)14-10-15-22(6)16-11-17-25(8,28)23(7)18-26-24(27)20(3)4/h19-23,28H,9-18H2,1-8H3,(H,26,27). The Bertz CT molecular complexity index is 403. The van der Waals surface area contributed by atoms with Crippen LogP contribution in [0.3, 0.4) is 0 Å². The Hall–Kier alpha value is -0.570. The number of aliphatic hydroxyl groups is 1. The molecule has 0 heterocycles. The largest absolute Gasteiger partial charge is 0.390 e. The van der Waals surface area contributed by atoms with Crippen LogP contribution in [-0.2, 0) is 4.79 Å². The lowest BCUT2D eigenvalue weighted by Crippen LogP contribution is -2.41. The van der Waals surface area contributed by atoms with E-state index >= 15 is 0 Å². The van der Waals surface area contributed by atoms with Crippen molar-refractivity contribution in [2.45, 2.75) is 119 Å². The molecule has 0 aliphatic rings. The molecule has 0 saturated carbocycles. The fourth-order valence-electron chi connectivity index (χ4n) is 3.71. The fourth-order valence-corrected chi connectivity index (χ4v) is 3.71. The summed E-state index contributed by atoms with van der Waals surface area (Å²) in [6.45, 7) is 17.7. The van der Waals surface area contributed by atoms with Crippen LogP contribution in [0.15, 0.2) is 0 Å². The summed E-state index contributed by atoms with van der Waals surface area (Å²) in [6, 6.07) is 0. The predicted molar refractivity (Wildman–Crippen MR) is 122 cm³/mol. The van der Waals surface area contributed by atoms with E-state index in [4.69, 9.17) is 0 Å². The molecule has 0 rings (SSSR count). The van der Waals surface area contributed by atoms with Gasteiger partial charge in [-0.2, -0.15) is 0 Å². The molecule has 0 aromatic rings. The van der Waals surface area contributed by atoms with Gasteiger partial charge >= 0.3 is 0 Å². The Morgan fingerprint density at radius 1 is 0.821 bits per heavy atom. The summed E-state index contributed by atoms with van der Waals surface area (Å²) >= 11 is 0. The van der Waals surface area contributed by atoms with Gasteiger partial charge in [0, 0.05) is 18.4 Å². The zero-order chi connectivity index (χ0) is 21.7. The monoisotopic (exact) mass is 397 g/mol. The third kappa shape index (κ3) is 13.6. The van der Waals surface area contributed by atoms with Crippen molar-refractivity contribution in [2.75, 3.05) is 6.54 Å². The van der Waals surface area contributed by atoms with E-state index in [9.17, 15) is 9.90 Å². The van der Waals surface area contributed by atoms with Gasteiger partial charge in [-0.05, 0) is 31.1 Å². The van der Waals surface area contributed by atoms with Crippen LogP contribution in [0.4, 0.5) is 0 Å². The van der Waals surface area contributed by atoms with Gasteiger partial charge in [0.15, 0.2) is 0 Å². The van der Waals surface area contributed by atoms with Crippen molar-refractivity contribution in [1.29, 1.82) is 0 Å². The molecule has 0 aliphatic heterocycles. The Morgan fingerprint density at radius 2 is 1.29 bits per heavy atom. The topological polar surface area (TPSA) is 49.3 Å². The third-order valence-corrected chi connectivity index (χ3v) is 6.42. The van der Waals surface area contributed by atoms with Crippen LogP contribution in [0.25, 0.3) is 0 Å². The second-order valence-electron chi connectivity index (χ2n) is 10.5. The molecule has 0 radical (unpaired) electrons. The second kappa shape index (κ2) is 14.4. The molecule has 0 saturated heterocycles. The van der Waals surface area contributed by atoms with Crippen LogP contribution >= 0.6 is 0 Å². The normalized spacial score (nSPS) is 17.4. The minimum atomic E-state index is -0.713. The predicted octanol–water partition coefficient (Wildman–Crippen LogP) is 6.58. The lowest BCUT2D eigenvalue weighted by Gasteiger charge is -2.31. The van der Waals surface area contributed by atoms with Crippen molar-refractivity contribution >= 4 is 5.91 Å². The summed E-state index contributed by atoms with van der Waals surface area (Å²) in [4.78, 5) is 11.7. The van der Waals surface area contributed by atoms with Gasteiger partial charge in [-0.25, -0.2) is 0 Å². The van der Waals surface area contributed by atoms with Gasteiger partial charge in [0.1, 0.15) is 0 Å². The molecule has 3 heteroatoms. The first-order chi connectivity index (χ1) is 13.0. The number of carbonyl (C=O) groups excluding carboxylic acids is 1. The van der Waals surface area contributed by atoms with Crippen molar-refractivity contribution in [2.24, 2.45) is 29.6 Å². The molecular weight excluding hydrogens is 346 g/mol. The average molecular weight is 398 g/mol. The van der Waals surface area contributed by atoms with E-state index in [1.54, 1.807) is 0 Å². The zero-order valence-electron chi connectivity index (χ0n) is 20.3. The molecule has 4 atom stereocenters. The van der Waals surface area contributed by atoms with Crippen molar-refractivity contribution in [3.8, 4) is 0 Å². The van der Waals surface area contributed by atoms with Crippen LogP contribution in [-0.4, -0.2) is 23.2 Å². The van der Waals surface area contributed by atoms with E-state index in [1.807, 2.05) is 27.7 Å². The van der Waals surface area contributed by atoms with E-state index in [1.165, 1.54) is 44.9 Å². The third-order valence-electron chi connectivity index (χ3n) is 6.42. The molecule has 3 nitrogen and oxygen atoms in total. The number of rotatable bonds is 16. The minimum Gasteiger partial charge on any atom is -0.390 e. The van der Waals surface area contributed by atoms with Gasteiger partial charge in [-0.1, -0.05) is 99.8 Å². The highest BCUT2D eigenvalue weighted by atomic mass is 16.3. The SMILES string of the molecule is CC(C)CCCC(C)CCCC(C)CCCC(C)(O)C(C)CNC(=O)C(C)C. The number of hydrogen-bond donors (Lipinski definition) is 2. The van der Waals surface area contributed by atoms with Crippen molar-refractivity contribution in [3.63, 3.8) is 0 Å². The molecule has 2 N–H and O–H groups in total. The molecule has 0 aromatic carbocycles.